The molecule has 0 saturated heterocycles. The molecular weight excluding hydrogens is 330 g/mol. The van der Waals surface area contributed by atoms with Crippen molar-refractivity contribution in [2.24, 2.45) is 0 Å². The van der Waals surface area contributed by atoms with Gasteiger partial charge in [-0.05, 0) is 44.2 Å². The van der Waals surface area contributed by atoms with E-state index in [-0.39, 0.29) is 16.5 Å². The summed E-state index contributed by atoms with van der Waals surface area (Å²) in [5.74, 6) is -1.52. The Morgan fingerprint density at radius 2 is 1.96 bits per heavy atom. The number of aryl methyl sites for hydroxylation is 2. The number of carbonyl (C=O) groups is 2. The molecule has 24 heavy (non-hydrogen) atoms. The standard InChI is InChI=1S/C17H14ClN3O3/c1-9-4-3-5-14-19-10(2)15(21(9)14)16(22)20-11-6-7-13(18)12(8-11)17(23)24/h3-8H,1-2H3,(H,20,22)(H,23,24). The molecule has 0 aliphatic carbocycles. The summed E-state index contributed by atoms with van der Waals surface area (Å²) >= 11 is 5.84. The first-order chi connectivity index (χ1) is 11.4. The van der Waals surface area contributed by atoms with Gasteiger partial charge in [-0.1, -0.05) is 17.7 Å². The van der Waals surface area contributed by atoms with Gasteiger partial charge in [0, 0.05) is 11.4 Å². The number of benzene rings is 1. The molecule has 3 rings (SSSR count). The average molecular weight is 344 g/mol. The molecule has 0 unspecified atom stereocenters. The lowest BCUT2D eigenvalue weighted by Crippen LogP contribution is -2.16. The number of carbonyl (C=O) groups excluding carboxylic acids is 1. The van der Waals surface area contributed by atoms with Crippen LogP contribution in [0.2, 0.25) is 5.02 Å². The molecule has 0 aliphatic heterocycles. The highest BCUT2D eigenvalue weighted by Gasteiger charge is 2.18. The van der Waals surface area contributed by atoms with E-state index in [0.29, 0.717) is 22.7 Å². The molecule has 0 atom stereocenters. The van der Waals surface area contributed by atoms with E-state index in [4.69, 9.17) is 16.7 Å². The van der Waals surface area contributed by atoms with Crippen molar-refractivity contribution in [2.45, 2.75) is 13.8 Å². The number of rotatable bonds is 3. The number of anilines is 1. The molecule has 0 aliphatic rings. The predicted molar refractivity (Wildman–Crippen MR) is 91.0 cm³/mol. The minimum absolute atomic E-state index is 0.0690. The fourth-order valence-electron chi connectivity index (χ4n) is 2.59. The fraction of sp³-hybridized carbons (Fsp3) is 0.118. The molecule has 122 valence electrons. The molecule has 0 spiro atoms. The first kappa shape index (κ1) is 16.0. The second-order valence-electron chi connectivity index (χ2n) is 5.36. The van der Waals surface area contributed by atoms with Gasteiger partial charge in [0.1, 0.15) is 11.3 Å². The summed E-state index contributed by atoms with van der Waals surface area (Å²) in [7, 11) is 0. The Labute approximate surface area is 142 Å². The van der Waals surface area contributed by atoms with Crippen LogP contribution in [-0.4, -0.2) is 26.4 Å². The summed E-state index contributed by atoms with van der Waals surface area (Å²) in [6.07, 6.45) is 0. The first-order valence-corrected chi connectivity index (χ1v) is 7.55. The molecule has 7 heteroatoms. The van der Waals surface area contributed by atoms with Crippen LogP contribution in [0.5, 0.6) is 0 Å². The van der Waals surface area contributed by atoms with Gasteiger partial charge < -0.3 is 10.4 Å². The van der Waals surface area contributed by atoms with Gasteiger partial charge in [-0.25, -0.2) is 9.78 Å². The third-order valence-electron chi connectivity index (χ3n) is 3.68. The Morgan fingerprint density at radius 1 is 1.21 bits per heavy atom. The lowest BCUT2D eigenvalue weighted by molar-refractivity contribution is 0.0696. The smallest absolute Gasteiger partial charge is 0.337 e. The molecule has 3 aromatic rings. The summed E-state index contributed by atoms with van der Waals surface area (Å²) < 4.78 is 1.76. The molecule has 0 bridgehead atoms. The number of fused-ring (bicyclic) bond motifs is 1. The molecule has 2 N–H and O–H groups in total. The van der Waals surface area contributed by atoms with Gasteiger partial charge in [0.2, 0.25) is 0 Å². The maximum Gasteiger partial charge on any atom is 0.337 e. The van der Waals surface area contributed by atoms with Gasteiger partial charge >= 0.3 is 5.97 Å². The number of amides is 1. The Kier molecular flexibility index (Phi) is 3.99. The van der Waals surface area contributed by atoms with Crippen LogP contribution in [0.4, 0.5) is 5.69 Å². The highest BCUT2D eigenvalue weighted by molar-refractivity contribution is 6.33. The largest absolute Gasteiger partial charge is 0.478 e. The number of carboxylic acids is 1. The Morgan fingerprint density at radius 3 is 2.67 bits per heavy atom. The zero-order chi connectivity index (χ0) is 17.4. The quantitative estimate of drug-likeness (QED) is 0.761. The summed E-state index contributed by atoms with van der Waals surface area (Å²) in [6.45, 7) is 3.64. The number of imidazole rings is 1. The van der Waals surface area contributed by atoms with Crippen molar-refractivity contribution in [1.82, 2.24) is 9.38 Å². The summed E-state index contributed by atoms with van der Waals surface area (Å²) in [5.41, 5.74) is 2.84. The maximum atomic E-state index is 12.7. The van der Waals surface area contributed by atoms with E-state index < -0.39 is 5.97 Å². The van der Waals surface area contributed by atoms with Gasteiger partial charge in [-0.15, -0.1) is 0 Å². The van der Waals surface area contributed by atoms with Crippen LogP contribution >= 0.6 is 11.6 Å². The number of nitrogens with zero attached hydrogens (tertiary/aromatic N) is 2. The van der Waals surface area contributed by atoms with Crippen molar-refractivity contribution in [3.63, 3.8) is 0 Å². The second kappa shape index (κ2) is 5.98. The van der Waals surface area contributed by atoms with Crippen LogP contribution in [-0.2, 0) is 0 Å². The van der Waals surface area contributed by atoms with E-state index in [2.05, 4.69) is 10.3 Å². The van der Waals surface area contributed by atoms with E-state index in [0.717, 1.165) is 5.69 Å². The maximum absolute atomic E-state index is 12.7. The SMILES string of the molecule is Cc1nc2cccc(C)n2c1C(=O)Nc1ccc(Cl)c(C(=O)O)c1. The summed E-state index contributed by atoms with van der Waals surface area (Å²) in [5, 5.41) is 11.9. The van der Waals surface area contributed by atoms with Crippen molar-refractivity contribution >= 4 is 34.8 Å². The van der Waals surface area contributed by atoms with Crippen molar-refractivity contribution < 1.29 is 14.7 Å². The summed E-state index contributed by atoms with van der Waals surface area (Å²) in [4.78, 5) is 28.2. The third kappa shape index (κ3) is 2.72. The van der Waals surface area contributed by atoms with E-state index in [1.165, 1.54) is 12.1 Å². The lowest BCUT2D eigenvalue weighted by Gasteiger charge is -2.09. The second-order valence-corrected chi connectivity index (χ2v) is 5.77. The van der Waals surface area contributed by atoms with Crippen molar-refractivity contribution in [2.75, 3.05) is 5.32 Å². The number of halogens is 1. The number of aromatic nitrogens is 2. The van der Waals surface area contributed by atoms with Gasteiger partial charge in [-0.2, -0.15) is 0 Å². The van der Waals surface area contributed by atoms with E-state index in [9.17, 15) is 9.59 Å². The Hall–Kier alpha value is -2.86. The van der Waals surface area contributed by atoms with E-state index in [1.54, 1.807) is 17.4 Å². The highest BCUT2D eigenvalue weighted by atomic mass is 35.5. The van der Waals surface area contributed by atoms with Crippen LogP contribution in [0.15, 0.2) is 36.4 Å². The molecule has 2 aromatic heterocycles. The van der Waals surface area contributed by atoms with Crippen LogP contribution in [0.3, 0.4) is 0 Å². The van der Waals surface area contributed by atoms with E-state index >= 15 is 0 Å². The van der Waals surface area contributed by atoms with Gasteiger partial charge in [-0.3, -0.25) is 9.20 Å². The van der Waals surface area contributed by atoms with Crippen LogP contribution in [0.1, 0.15) is 32.2 Å². The zero-order valence-electron chi connectivity index (χ0n) is 13.0. The van der Waals surface area contributed by atoms with Gasteiger partial charge in [0.05, 0.1) is 16.3 Å². The molecule has 1 aromatic carbocycles. The van der Waals surface area contributed by atoms with Crippen LogP contribution < -0.4 is 5.32 Å². The molecule has 2 heterocycles. The number of nitrogens with one attached hydrogen (secondary N) is 1. The molecule has 1 amide bonds. The zero-order valence-corrected chi connectivity index (χ0v) is 13.8. The first-order valence-electron chi connectivity index (χ1n) is 7.17. The topological polar surface area (TPSA) is 83.7 Å². The normalized spacial score (nSPS) is 10.8. The van der Waals surface area contributed by atoms with Crippen LogP contribution in [0, 0.1) is 13.8 Å². The number of hydrogen-bond acceptors (Lipinski definition) is 3. The minimum Gasteiger partial charge on any atom is -0.478 e. The molecule has 6 nitrogen and oxygen atoms in total. The Bertz CT molecular complexity index is 979. The molecule has 0 radical (unpaired) electrons. The van der Waals surface area contributed by atoms with Gasteiger partial charge in [0.25, 0.3) is 5.91 Å². The molecule has 0 saturated carbocycles. The van der Waals surface area contributed by atoms with E-state index in [1.807, 2.05) is 25.1 Å². The number of pyridine rings is 1. The summed E-state index contributed by atoms with van der Waals surface area (Å²) in [6, 6.07) is 9.90. The Balaban J connectivity index is 2.01. The fourth-order valence-corrected chi connectivity index (χ4v) is 2.79. The molecule has 0 fully saturated rings. The number of hydrogen-bond donors (Lipinski definition) is 2. The number of aromatic carboxylic acids is 1. The monoisotopic (exact) mass is 343 g/mol. The highest BCUT2D eigenvalue weighted by Crippen LogP contribution is 2.22. The van der Waals surface area contributed by atoms with Gasteiger partial charge in [0.15, 0.2) is 0 Å². The predicted octanol–water partition coefficient (Wildman–Crippen LogP) is 3.56. The lowest BCUT2D eigenvalue weighted by atomic mass is 10.2. The number of carboxylic acid groups (broad SMARTS) is 1. The minimum atomic E-state index is -1.15. The van der Waals surface area contributed by atoms with Crippen molar-refractivity contribution in [1.29, 1.82) is 0 Å². The van der Waals surface area contributed by atoms with Crippen molar-refractivity contribution in [3.05, 3.63) is 64.1 Å². The molecular formula is C17H14ClN3O3. The van der Waals surface area contributed by atoms with Crippen molar-refractivity contribution in [3.8, 4) is 0 Å². The third-order valence-corrected chi connectivity index (χ3v) is 4.01. The van der Waals surface area contributed by atoms with Crippen LogP contribution in [0.25, 0.3) is 5.65 Å². The average Bonchev–Trinajstić information content (AvgIpc) is 2.86.